The summed E-state index contributed by atoms with van der Waals surface area (Å²) in [4.78, 5) is 23.1. The summed E-state index contributed by atoms with van der Waals surface area (Å²) in [5, 5.41) is 0. The van der Waals surface area contributed by atoms with Crippen molar-refractivity contribution >= 4 is 27.7 Å². The first-order chi connectivity index (χ1) is 10.2. The first-order valence-corrected chi connectivity index (χ1v) is 8.38. The molecule has 2 fully saturated rings. The number of nitrogens with zero attached hydrogens (tertiary/aromatic N) is 4. The molecule has 1 amide bonds. The van der Waals surface area contributed by atoms with Gasteiger partial charge in [0, 0.05) is 49.9 Å². The minimum absolute atomic E-state index is 0.294. The average molecular weight is 353 g/mol. The molecule has 1 aromatic heterocycles. The van der Waals surface area contributed by atoms with Crippen LogP contribution in [0.3, 0.4) is 0 Å². The van der Waals surface area contributed by atoms with E-state index in [1.54, 1.807) is 0 Å². The van der Waals surface area contributed by atoms with Crippen LogP contribution in [0.1, 0.15) is 12.8 Å². The van der Waals surface area contributed by atoms with Gasteiger partial charge in [0.2, 0.25) is 5.91 Å². The molecule has 2 aliphatic heterocycles. The average Bonchev–Trinajstić information content (AvgIpc) is 3.03. The fourth-order valence-electron chi connectivity index (χ4n) is 2.95. The van der Waals surface area contributed by atoms with Crippen molar-refractivity contribution in [3.8, 4) is 0 Å². The van der Waals surface area contributed by atoms with Gasteiger partial charge >= 0.3 is 0 Å². The van der Waals surface area contributed by atoms with Crippen LogP contribution in [0.4, 0.5) is 5.82 Å². The molecule has 1 aromatic rings. The molecule has 3 heterocycles. The molecule has 2 aliphatic rings. The Hall–Kier alpha value is -1.14. The summed E-state index contributed by atoms with van der Waals surface area (Å²) < 4.78 is 1.00. The number of aromatic nitrogens is 1. The van der Waals surface area contributed by atoms with E-state index in [9.17, 15) is 4.79 Å². The minimum atomic E-state index is 0.294. The number of piperazine rings is 1. The minimum Gasteiger partial charge on any atom is -0.354 e. The molecule has 6 heteroatoms. The van der Waals surface area contributed by atoms with Gasteiger partial charge in [0.05, 0.1) is 6.54 Å². The van der Waals surface area contributed by atoms with Crippen LogP contribution < -0.4 is 4.90 Å². The number of hydrogen-bond donors (Lipinski definition) is 0. The summed E-state index contributed by atoms with van der Waals surface area (Å²) >= 11 is 3.41. The second-order valence-corrected chi connectivity index (χ2v) is 6.60. The lowest BCUT2D eigenvalue weighted by molar-refractivity contribution is -0.131. The third kappa shape index (κ3) is 3.74. The highest BCUT2D eigenvalue weighted by Crippen LogP contribution is 2.16. The van der Waals surface area contributed by atoms with Crippen LogP contribution >= 0.6 is 15.9 Å². The predicted molar refractivity (Wildman–Crippen MR) is 86.4 cm³/mol. The number of likely N-dealkylation sites (tertiary alicyclic amines) is 1. The van der Waals surface area contributed by atoms with E-state index in [4.69, 9.17) is 0 Å². The van der Waals surface area contributed by atoms with Crippen molar-refractivity contribution in [2.24, 2.45) is 0 Å². The Labute approximate surface area is 134 Å². The van der Waals surface area contributed by atoms with Crippen LogP contribution in [0, 0.1) is 0 Å². The lowest BCUT2D eigenvalue weighted by Crippen LogP contribution is -2.50. The first kappa shape index (κ1) is 14.8. The summed E-state index contributed by atoms with van der Waals surface area (Å²) in [6.45, 7) is 6.18. The van der Waals surface area contributed by atoms with Crippen LogP contribution in [0.2, 0.25) is 0 Å². The van der Waals surface area contributed by atoms with E-state index in [0.717, 1.165) is 62.4 Å². The standard InChI is InChI=1S/C15H21BrN4O/c16-13-3-4-14(17-11-13)19-9-7-18(8-10-19)12-15(21)20-5-1-2-6-20/h3-4,11H,1-2,5-10,12H2. The normalized spacial score (nSPS) is 20.0. The van der Waals surface area contributed by atoms with E-state index in [1.165, 1.54) is 0 Å². The third-order valence-corrected chi connectivity index (χ3v) is 4.69. The second kappa shape index (κ2) is 6.75. The van der Waals surface area contributed by atoms with Gasteiger partial charge in [-0.3, -0.25) is 9.69 Å². The highest BCUT2D eigenvalue weighted by atomic mass is 79.9. The van der Waals surface area contributed by atoms with Crippen molar-refractivity contribution in [3.05, 3.63) is 22.8 Å². The molecule has 114 valence electrons. The van der Waals surface area contributed by atoms with E-state index in [1.807, 2.05) is 23.2 Å². The Balaban J connectivity index is 1.48. The van der Waals surface area contributed by atoms with Crippen LogP contribution in [0.5, 0.6) is 0 Å². The summed E-state index contributed by atoms with van der Waals surface area (Å²) in [7, 11) is 0. The first-order valence-electron chi connectivity index (χ1n) is 7.59. The van der Waals surface area contributed by atoms with Gasteiger partial charge in [-0.2, -0.15) is 0 Å². The summed E-state index contributed by atoms with van der Waals surface area (Å²) in [6, 6.07) is 4.06. The summed E-state index contributed by atoms with van der Waals surface area (Å²) in [5.41, 5.74) is 0. The number of carbonyl (C=O) groups is 1. The maximum atomic E-state index is 12.2. The Morgan fingerprint density at radius 3 is 2.43 bits per heavy atom. The molecule has 0 bridgehead atoms. The zero-order valence-electron chi connectivity index (χ0n) is 12.2. The molecule has 5 nitrogen and oxygen atoms in total. The number of carbonyl (C=O) groups excluding carboxylic acids is 1. The van der Waals surface area contributed by atoms with E-state index >= 15 is 0 Å². The molecule has 0 aliphatic carbocycles. The topological polar surface area (TPSA) is 39.7 Å². The van der Waals surface area contributed by atoms with Gasteiger partial charge in [-0.25, -0.2) is 4.98 Å². The number of pyridine rings is 1. The Bertz CT molecular complexity index is 479. The maximum absolute atomic E-state index is 12.2. The smallest absolute Gasteiger partial charge is 0.236 e. The third-order valence-electron chi connectivity index (χ3n) is 4.23. The van der Waals surface area contributed by atoms with Crippen molar-refractivity contribution in [1.29, 1.82) is 0 Å². The predicted octanol–water partition coefficient (Wildman–Crippen LogP) is 1.59. The van der Waals surface area contributed by atoms with Gasteiger partial charge in [0.1, 0.15) is 5.82 Å². The molecule has 0 unspecified atom stereocenters. The Morgan fingerprint density at radius 1 is 1.10 bits per heavy atom. The molecule has 0 aromatic carbocycles. The fourth-order valence-corrected chi connectivity index (χ4v) is 3.18. The van der Waals surface area contributed by atoms with Crippen molar-refractivity contribution < 1.29 is 4.79 Å². The zero-order chi connectivity index (χ0) is 14.7. The molecule has 2 saturated heterocycles. The molecule has 0 radical (unpaired) electrons. The number of hydrogen-bond acceptors (Lipinski definition) is 4. The summed E-state index contributed by atoms with van der Waals surface area (Å²) in [6.07, 6.45) is 4.15. The fraction of sp³-hybridized carbons (Fsp3) is 0.600. The van der Waals surface area contributed by atoms with E-state index < -0.39 is 0 Å². The van der Waals surface area contributed by atoms with Crippen molar-refractivity contribution in [3.63, 3.8) is 0 Å². The molecule has 3 rings (SSSR count). The maximum Gasteiger partial charge on any atom is 0.236 e. The van der Waals surface area contributed by atoms with Crippen molar-refractivity contribution in [2.45, 2.75) is 12.8 Å². The van der Waals surface area contributed by atoms with Crippen molar-refractivity contribution in [1.82, 2.24) is 14.8 Å². The van der Waals surface area contributed by atoms with E-state index in [-0.39, 0.29) is 0 Å². The number of halogens is 1. The van der Waals surface area contributed by atoms with Crippen LogP contribution in [-0.4, -0.2) is 66.5 Å². The van der Waals surface area contributed by atoms with Crippen molar-refractivity contribution in [2.75, 3.05) is 50.7 Å². The van der Waals surface area contributed by atoms with Crippen LogP contribution in [0.25, 0.3) is 0 Å². The van der Waals surface area contributed by atoms with E-state index in [2.05, 4.69) is 30.7 Å². The van der Waals surface area contributed by atoms with Gasteiger partial charge in [-0.15, -0.1) is 0 Å². The van der Waals surface area contributed by atoms with Gasteiger partial charge in [-0.05, 0) is 40.9 Å². The monoisotopic (exact) mass is 352 g/mol. The number of amides is 1. The molecule has 21 heavy (non-hydrogen) atoms. The van der Waals surface area contributed by atoms with Gasteiger partial charge < -0.3 is 9.80 Å². The molecule has 0 saturated carbocycles. The molecule has 0 atom stereocenters. The van der Waals surface area contributed by atoms with E-state index in [0.29, 0.717) is 12.5 Å². The number of anilines is 1. The van der Waals surface area contributed by atoms with Gasteiger partial charge in [0.25, 0.3) is 0 Å². The largest absolute Gasteiger partial charge is 0.354 e. The lowest BCUT2D eigenvalue weighted by atomic mass is 10.3. The van der Waals surface area contributed by atoms with Gasteiger partial charge in [0.15, 0.2) is 0 Å². The quantitative estimate of drug-likeness (QED) is 0.828. The Kier molecular flexibility index (Phi) is 4.75. The second-order valence-electron chi connectivity index (χ2n) is 5.69. The highest BCUT2D eigenvalue weighted by molar-refractivity contribution is 9.10. The Morgan fingerprint density at radius 2 is 1.81 bits per heavy atom. The molecule has 0 spiro atoms. The number of rotatable bonds is 3. The van der Waals surface area contributed by atoms with Crippen LogP contribution in [-0.2, 0) is 4.79 Å². The van der Waals surface area contributed by atoms with Gasteiger partial charge in [-0.1, -0.05) is 0 Å². The zero-order valence-corrected chi connectivity index (χ0v) is 13.8. The van der Waals surface area contributed by atoms with Crippen LogP contribution in [0.15, 0.2) is 22.8 Å². The lowest BCUT2D eigenvalue weighted by Gasteiger charge is -2.35. The summed E-state index contributed by atoms with van der Waals surface area (Å²) in [5.74, 6) is 1.31. The molecular weight excluding hydrogens is 332 g/mol. The SMILES string of the molecule is O=C(CN1CCN(c2ccc(Br)cn2)CC1)N1CCCC1. The highest BCUT2D eigenvalue weighted by Gasteiger charge is 2.23. The molecule has 0 N–H and O–H groups in total. The molecular formula is C15H21BrN4O.